The fourth-order valence-electron chi connectivity index (χ4n) is 2.23. The topological polar surface area (TPSA) is 139 Å². The molecule has 0 aliphatic heterocycles. The molecule has 0 spiro atoms. The molecule has 2 atom stereocenters. The molecule has 0 amide bonds. The zero-order valence-corrected chi connectivity index (χ0v) is 24.3. The van der Waals surface area contributed by atoms with Crippen LogP contribution in [0.3, 0.4) is 0 Å². The molecule has 0 rings (SSSR count). The van der Waals surface area contributed by atoms with Crippen LogP contribution in [0.1, 0.15) is 79.1 Å². The van der Waals surface area contributed by atoms with Crippen molar-refractivity contribution < 1.29 is 96.9 Å². The van der Waals surface area contributed by atoms with Crippen LogP contribution in [-0.2, 0) is 18.2 Å². The minimum absolute atomic E-state index is 0. The van der Waals surface area contributed by atoms with Crippen molar-refractivity contribution in [2.75, 3.05) is 13.2 Å². The van der Waals surface area contributed by atoms with Crippen molar-refractivity contribution in [3.05, 3.63) is 0 Å². The molecule has 28 heavy (non-hydrogen) atoms. The van der Waals surface area contributed by atoms with E-state index < -0.39 is 15.6 Å². The Bertz CT molecular complexity index is 391. The quantitative estimate of drug-likeness (QED) is 0.210. The fourth-order valence-corrected chi connectivity index (χ4v) is 3.09. The summed E-state index contributed by atoms with van der Waals surface area (Å²) in [7, 11) is -9.03. The zero-order chi connectivity index (χ0) is 20.6. The van der Waals surface area contributed by atoms with Crippen LogP contribution >= 0.6 is 15.6 Å². The Morgan fingerprint density at radius 2 is 1.07 bits per heavy atom. The minimum atomic E-state index is -4.89. The number of hydrogen-bond acceptors (Lipinski definition) is 6. The fraction of sp³-hybridized carbons (Fsp3) is 1.00. The first kappa shape index (κ1) is 37.5. The Balaban J connectivity index is -0.000000364. The summed E-state index contributed by atoms with van der Waals surface area (Å²) in [6.07, 6.45) is 8.38. The molecule has 160 valence electrons. The maximum atomic E-state index is 11.8. The molecule has 0 aromatic heterocycles. The van der Waals surface area contributed by atoms with Gasteiger partial charge in [-0.25, -0.2) is 0 Å². The normalized spacial score (nSPS) is 15.1. The summed E-state index contributed by atoms with van der Waals surface area (Å²) < 4.78 is 30.7. The second kappa shape index (κ2) is 22.4. The largest absolute Gasteiger partial charge is 1.00 e. The van der Waals surface area contributed by atoms with E-state index in [2.05, 4.69) is 27.7 Å². The van der Waals surface area contributed by atoms with Gasteiger partial charge < -0.3 is 28.6 Å². The van der Waals surface area contributed by atoms with E-state index in [-0.39, 0.29) is 72.3 Å². The molecular formula is C16H36Na2O8P2. The van der Waals surface area contributed by atoms with Crippen LogP contribution in [-0.4, -0.2) is 23.0 Å². The molecular weight excluding hydrogens is 428 g/mol. The average molecular weight is 464 g/mol. The standard InChI is InChI=1S/C16H35O4P.2Na.H3O4P/c1-5-9-11-15(7-3)13-19-21(17,18)20-14-16(8-4)12-10-6-2;;;1-5(2,3)4/h15-16H,5-14H2,1-4H3,(H,17,18);;;(H3,1,2,3,4)/q;2*+1;/p-2. The summed E-state index contributed by atoms with van der Waals surface area (Å²) in [4.78, 5) is 34.7. The Labute approximate surface area is 215 Å². The summed E-state index contributed by atoms with van der Waals surface area (Å²) in [5, 5.41) is 0. The number of hydrogen-bond donors (Lipinski definition) is 2. The van der Waals surface area contributed by atoms with E-state index >= 15 is 0 Å². The molecule has 0 aromatic carbocycles. The van der Waals surface area contributed by atoms with Crippen LogP contribution in [0.2, 0.25) is 0 Å². The molecule has 8 nitrogen and oxygen atoms in total. The van der Waals surface area contributed by atoms with E-state index in [1.54, 1.807) is 0 Å². The Morgan fingerprint density at radius 3 is 1.29 bits per heavy atom. The third kappa shape index (κ3) is 30.4. The van der Waals surface area contributed by atoms with Gasteiger partial charge in [0.2, 0.25) is 0 Å². The van der Waals surface area contributed by atoms with Crippen LogP contribution in [0.15, 0.2) is 0 Å². The predicted molar refractivity (Wildman–Crippen MR) is 98.2 cm³/mol. The van der Waals surface area contributed by atoms with Crippen LogP contribution in [0.5, 0.6) is 0 Å². The van der Waals surface area contributed by atoms with E-state index in [4.69, 9.17) is 28.3 Å². The maximum Gasteiger partial charge on any atom is 1.00 e. The molecule has 12 heteroatoms. The van der Waals surface area contributed by atoms with Gasteiger partial charge in [-0.1, -0.05) is 66.2 Å². The molecule has 2 N–H and O–H groups in total. The molecule has 2 unspecified atom stereocenters. The molecule has 0 aliphatic rings. The number of rotatable bonds is 14. The van der Waals surface area contributed by atoms with Gasteiger partial charge in [-0.05, 0) is 24.7 Å². The first-order chi connectivity index (χ1) is 12.0. The minimum Gasteiger partial charge on any atom is -0.756 e. The molecule has 0 saturated carbocycles. The summed E-state index contributed by atoms with van der Waals surface area (Å²) in [6, 6.07) is 0. The maximum absolute atomic E-state index is 11.8. The van der Waals surface area contributed by atoms with Crippen molar-refractivity contribution in [3.63, 3.8) is 0 Å². The second-order valence-electron chi connectivity index (χ2n) is 6.36. The van der Waals surface area contributed by atoms with Crippen LogP contribution in [0, 0.1) is 11.8 Å². The van der Waals surface area contributed by atoms with Gasteiger partial charge in [-0.15, -0.1) is 0 Å². The third-order valence-corrected chi connectivity index (χ3v) is 4.95. The van der Waals surface area contributed by atoms with Gasteiger partial charge in [-0.2, -0.15) is 0 Å². The van der Waals surface area contributed by atoms with Gasteiger partial charge in [0.25, 0.3) is 15.6 Å². The summed E-state index contributed by atoms with van der Waals surface area (Å²) in [5.74, 6) is 0.607. The molecule has 0 heterocycles. The summed E-state index contributed by atoms with van der Waals surface area (Å²) >= 11 is 0. The number of phosphoric acid groups is 2. The van der Waals surface area contributed by atoms with Crippen molar-refractivity contribution in [3.8, 4) is 0 Å². The van der Waals surface area contributed by atoms with E-state index in [1.807, 2.05) is 0 Å². The summed E-state index contributed by atoms with van der Waals surface area (Å²) in [6.45, 7) is 8.91. The van der Waals surface area contributed by atoms with E-state index in [9.17, 15) is 9.46 Å². The zero-order valence-electron chi connectivity index (χ0n) is 18.5. The van der Waals surface area contributed by atoms with E-state index in [1.165, 1.54) is 0 Å². The van der Waals surface area contributed by atoms with Gasteiger partial charge in [0.1, 0.15) is 0 Å². The van der Waals surface area contributed by atoms with Crippen molar-refractivity contribution in [2.24, 2.45) is 11.8 Å². The van der Waals surface area contributed by atoms with Gasteiger partial charge in [0.15, 0.2) is 0 Å². The predicted octanol–water partition coefficient (Wildman–Crippen LogP) is -2.63. The Hall–Kier alpha value is 2.22. The summed E-state index contributed by atoms with van der Waals surface area (Å²) in [5.41, 5.74) is 0. The van der Waals surface area contributed by atoms with E-state index in [0.29, 0.717) is 11.8 Å². The van der Waals surface area contributed by atoms with Crippen molar-refractivity contribution >= 4 is 15.6 Å². The van der Waals surface area contributed by atoms with Crippen LogP contribution in [0.4, 0.5) is 0 Å². The van der Waals surface area contributed by atoms with Crippen molar-refractivity contribution in [1.29, 1.82) is 0 Å². The first-order valence-electron chi connectivity index (χ1n) is 9.35. The average Bonchev–Trinajstić information content (AvgIpc) is 2.53. The first-order valence-corrected chi connectivity index (χ1v) is 12.3. The van der Waals surface area contributed by atoms with Crippen LogP contribution < -0.4 is 68.9 Å². The monoisotopic (exact) mass is 464 g/mol. The Morgan fingerprint density at radius 1 is 0.786 bits per heavy atom. The van der Waals surface area contributed by atoms with Gasteiger partial charge in [0.05, 0.1) is 13.2 Å². The third-order valence-electron chi connectivity index (χ3n) is 4.02. The number of phosphoric ester groups is 1. The van der Waals surface area contributed by atoms with Gasteiger partial charge >= 0.3 is 59.1 Å². The Kier molecular flexibility index (Phi) is 30.0. The van der Waals surface area contributed by atoms with Gasteiger partial charge in [0, 0.05) is 0 Å². The van der Waals surface area contributed by atoms with Gasteiger partial charge in [-0.3, -0.25) is 9.13 Å². The van der Waals surface area contributed by atoms with Crippen LogP contribution in [0.25, 0.3) is 0 Å². The smallest absolute Gasteiger partial charge is 0.756 e. The van der Waals surface area contributed by atoms with Crippen molar-refractivity contribution in [1.82, 2.24) is 0 Å². The molecule has 0 fully saturated rings. The molecule has 0 radical (unpaired) electrons. The second-order valence-corrected chi connectivity index (χ2v) is 8.75. The molecule has 0 aromatic rings. The van der Waals surface area contributed by atoms with Crippen molar-refractivity contribution in [2.45, 2.75) is 79.1 Å². The number of unbranched alkanes of at least 4 members (excludes halogenated alkanes) is 2. The molecule has 0 aliphatic carbocycles. The molecule has 0 bridgehead atoms. The van der Waals surface area contributed by atoms with E-state index in [0.717, 1.165) is 51.4 Å². The molecule has 0 saturated heterocycles. The SMILES string of the molecule is CCCCC(CC)COP(=O)([O-])OCC(CC)CCCC.O=P([O-])(O)O.[Na+].[Na+].